The summed E-state index contributed by atoms with van der Waals surface area (Å²) in [4.78, 5) is 31.8. The van der Waals surface area contributed by atoms with Gasteiger partial charge in [0, 0.05) is 43.6 Å². The smallest absolute Gasteiger partial charge is 0.285 e. The van der Waals surface area contributed by atoms with E-state index in [9.17, 15) is 9.59 Å². The van der Waals surface area contributed by atoms with E-state index in [4.69, 9.17) is 4.74 Å². The van der Waals surface area contributed by atoms with Crippen LogP contribution in [0.15, 0.2) is 17.1 Å². The maximum atomic E-state index is 13.0. The number of rotatable bonds is 2. The fraction of sp³-hybridized carbons (Fsp3) is 0.611. The van der Waals surface area contributed by atoms with Gasteiger partial charge in [-0.05, 0) is 32.6 Å². The standard InChI is InChI=1S/C18H24N4O3/c1-12-9-15-19-10-13(17(24)22(15)20-12)16(23)21-8-4-7-18(11-21)6-3-5-14(18)25-2/h9-10,14,20H,3-8,11H2,1-2H3/t14-,18-/m1/s1. The molecule has 2 atom stereocenters. The van der Waals surface area contributed by atoms with Crippen molar-refractivity contribution in [2.45, 2.75) is 45.1 Å². The van der Waals surface area contributed by atoms with Crippen molar-refractivity contribution >= 4 is 11.6 Å². The lowest BCUT2D eigenvalue weighted by Crippen LogP contribution is -2.50. The van der Waals surface area contributed by atoms with Crippen LogP contribution in [0.2, 0.25) is 0 Å². The van der Waals surface area contributed by atoms with Crippen molar-refractivity contribution in [1.29, 1.82) is 0 Å². The molecule has 2 aromatic rings. The Hall–Kier alpha value is -2.15. The second-order valence-electron chi connectivity index (χ2n) is 7.42. The van der Waals surface area contributed by atoms with E-state index in [1.807, 2.05) is 11.8 Å². The lowest BCUT2D eigenvalue weighted by Gasteiger charge is -2.43. The van der Waals surface area contributed by atoms with Crippen LogP contribution in [0.3, 0.4) is 0 Å². The first-order valence-corrected chi connectivity index (χ1v) is 8.93. The Kier molecular flexibility index (Phi) is 3.91. The number of piperidine rings is 1. The summed E-state index contributed by atoms with van der Waals surface area (Å²) in [6.45, 7) is 3.20. The molecule has 1 saturated heterocycles. The number of aryl methyl sites for hydroxylation is 1. The van der Waals surface area contributed by atoms with Crippen molar-refractivity contribution in [3.63, 3.8) is 0 Å². The normalized spacial score (nSPS) is 26.6. The molecule has 1 saturated carbocycles. The monoisotopic (exact) mass is 344 g/mol. The number of nitrogens with zero attached hydrogens (tertiary/aromatic N) is 3. The zero-order valence-electron chi connectivity index (χ0n) is 14.7. The van der Waals surface area contributed by atoms with Gasteiger partial charge in [-0.1, -0.05) is 6.42 Å². The molecule has 7 nitrogen and oxygen atoms in total. The Labute approximate surface area is 146 Å². The van der Waals surface area contributed by atoms with Crippen LogP contribution in [-0.2, 0) is 4.74 Å². The van der Waals surface area contributed by atoms with Crippen molar-refractivity contribution in [3.05, 3.63) is 33.9 Å². The number of hydrogen-bond acceptors (Lipinski definition) is 4. The van der Waals surface area contributed by atoms with Crippen molar-refractivity contribution in [2.75, 3.05) is 20.2 Å². The quantitative estimate of drug-likeness (QED) is 0.900. The highest BCUT2D eigenvalue weighted by atomic mass is 16.5. The summed E-state index contributed by atoms with van der Waals surface area (Å²) in [5.74, 6) is -0.222. The first-order chi connectivity index (χ1) is 12.0. The molecule has 0 bridgehead atoms. The third-order valence-corrected chi connectivity index (χ3v) is 5.86. The second kappa shape index (κ2) is 5.98. The molecule has 1 aliphatic carbocycles. The average molecular weight is 344 g/mol. The number of nitrogens with one attached hydrogen (secondary N) is 1. The number of H-pyrrole nitrogens is 1. The van der Waals surface area contributed by atoms with Gasteiger partial charge in [0.15, 0.2) is 5.65 Å². The van der Waals surface area contributed by atoms with Gasteiger partial charge in [0.2, 0.25) is 0 Å². The summed E-state index contributed by atoms with van der Waals surface area (Å²) in [5, 5.41) is 2.94. The number of likely N-dealkylation sites (tertiary alicyclic amines) is 1. The van der Waals surface area contributed by atoms with Crippen molar-refractivity contribution < 1.29 is 9.53 Å². The fourth-order valence-corrected chi connectivity index (χ4v) is 4.67. The molecule has 134 valence electrons. The number of methoxy groups -OCH3 is 1. The van der Waals surface area contributed by atoms with Crippen LogP contribution >= 0.6 is 0 Å². The Bertz CT molecular complexity index is 871. The van der Waals surface area contributed by atoms with Crippen LogP contribution in [0.25, 0.3) is 5.65 Å². The average Bonchev–Trinajstić information content (AvgIpc) is 3.18. The lowest BCUT2D eigenvalue weighted by molar-refractivity contribution is -0.0295. The van der Waals surface area contributed by atoms with Gasteiger partial charge in [-0.25, -0.2) is 9.50 Å². The molecule has 25 heavy (non-hydrogen) atoms. The summed E-state index contributed by atoms with van der Waals surface area (Å²) in [5.41, 5.74) is 1.20. The molecule has 1 aliphatic heterocycles. The van der Waals surface area contributed by atoms with Crippen molar-refractivity contribution in [2.24, 2.45) is 5.41 Å². The maximum Gasteiger partial charge on any atom is 0.285 e. The van der Waals surface area contributed by atoms with E-state index in [2.05, 4.69) is 10.1 Å². The van der Waals surface area contributed by atoms with Crippen molar-refractivity contribution in [3.8, 4) is 0 Å². The van der Waals surface area contributed by atoms with E-state index in [1.165, 1.54) is 10.7 Å². The van der Waals surface area contributed by atoms with E-state index in [1.54, 1.807) is 13.2 Å². The highest BCUT2D eigenvalue weighted by Crippen LogP contribution is 2.46. The van der Waals surface area contributed by atoms with E-state index in [0.29, 0.717) is 18.7 Å². The SMILES string of the molecule is CO[C@@H]1CCC[C@]12CCCN(C(=O)c1cnc3cc(C)[nH]n3c1=O)C2. The number of carbonyl (C=O) groups excluding carboxylic acids is 1. The molecule has 2 aromatic heterocycles. The Morgan fingerprint density at radius 3 is 3.00 bits per heavy atom. The number of fused-ring (bicyclic) bond motifs is 1. The number of aromatic nitrogens is 3. The van der Waals surface area contributed by atoms with Crippen LogP contribution in [0, 0.1) is 12.3 Å². The Morgan fingerprint density at radius 2 is 2.20 bits per heavy atom. The Morgan fingerprint density at radius 1 is 1.40 bits per heavy atom. The minimum atomic E-state index is -0.336. The number of hydrogen-bond donors (Lipinski definition) is 1. The summed E-state index contributed by atoms with van der Waals surface area (Å²) < 4.78 is 7.04. The molecule has 3 heterocycles. The number of aromatic amines is 1. The van der Waals surface area contributed by atoms with Crippen LogP contribution in [-0.4, -0.2) is 51.7 Å². The molecule has 1 N–H and O–H groups in total. The van der Waals surface area contributed by atoms with Gasteiger partial charge in [-0.2, -0.15) is 0 Å². The van der Waals surface area contributed by atoms with Gasteiger partial charge in [-0.15, -0.1) is 0 Å². The minimum absolute atomic E-state index is 0.0411. The first-order valence-electron chi connectivity index (χ1n) is 8.93. The van der Waals surface area contributed by atoms with Gasteiger partial charge in [0.1, 0.15) is 5.56 Å². The summed E-state index contributed by atoms with van der Waals surface area (Å²) in [6.07, 6.45) is 6.93. The highest BCUT2D eigenvalue weighted by molar-refractivity contribution is 5.93. The molecule has 2 fully saturated rings. The summed E-state index contributed by atoms with van der Waals surface area (Å²) in [6, 6.07) is 1.78. The molecule has 4 rings (SSSR count). The molecule has 0 radical (unpaired) electrons. The molecule has 1 spiro atoms. The molecule has 0 aromatic carbocycles. The molecule has 2 aliphatic rings. The molecule has 0 unspecified atom stereocenters. The van der Waals surface area contributed by atoms with Gasteiger partial charge in [0.25, 0.3) is 11.5 Å². The third-order valence-electron chi connectivity index (χ3n) is 5.86. The molecule has 1 amide bonds. The van der Waals surface area contributed by atoms with Gasteiger partial charge < -0.3 is 9.64 Å². The molecule has 7 heteroatoms. The minimum Gasteiger partial charge on any atom is -0.381 e. The Balaban J connectivity index is 1.65. The number of carbonyl (C=O) groups is 1. The molecular weight excluding hydrogens is 320 g/mol. The van der Waals surface area contributed by atoms with Crippen LogP contribution < -0.4 is 5.56 Å². The number of amides is 1. The predicted octanol–water partition coefficient (Wildman–Crippen LogP) is 1.75. The van der Waals surface area contributed by atoms with E-state index in [0.717, 1.165) is 37.8 Å². The zero-order chi connectivity index (χ0) is 17.6. The highest BCUT2D eigenvalue weighted by Gasteiger charge is 2.46. The topological polar surface area (TPSA) is 79.7 Å². The summed E-state index contributed by atoms with van der Waals surface area (Å²) >= 11 is 0. The van der Waals surface area contributed by atoms with E-state index >= 15 is 0 Å². The molecular formula is C18H24N4O3. The van der Waals surface area contributed by atoms with Gasteiger partial charge in [0.05, 0.1) is 6.10 Å². The summed E-state index contributed by atoms with van der Waals surface area (Å²) in [7, 11) is 1.76. The van der Waals surface area contributed by atoms with Gasteiger partial charge in [-0.3, -0.25) is 14.7 Å². The zero-order valence-corrected chi connectivity index (χ0v) is 14.7. The third kappa shape index (κ3) is 2.57. The van der Waals surface area contributed by atoms with E-state index in [-0.39, 0.29) is 28.5 Å². The number of ether oxygens (including phenoxy) is 1. The van der Waals surface area contributed by atoms with Crippen LogP contribution in [0.5, 0.6) is 0 Å². The van der Waals surface area contributed by atoms with Crippen LogP contribution in [0.4, 0.5) is 0 Å². The van der Waals surface area contributed by atoms with Gasteiger partial charge >= 0.3 is 0 Å². The maximum absolute atomic E-state index is 13.0. The van der Waals surface area contributed by atoms with E-state index < -0.39 is 0 Å². The fourth-order valence-electron chi connectivity index (χ4n) is 4.67. The lowest BCUT2D eigenvalue weighted by atomic mass is 9.76. The first kappa shape index (κ1) is 16.3. The van der Waals surface area contributed by atoms with Crippen molar-refractivity contribution in [1.82, 2.24) is 19.5 Å². The van der Waals surface area contributed by atoms with Crippen LogP contribution in [0.1, 0.15) is 48.2 Å². The second-order valence-corrected chi connectivity index (χ2v) is 7.42. The predicted molar refractivity (Wildman–Crippen MR) is 92.8 cm³/mol. The largest absolute Gasteiger partial charge is 0.381 e.